The smallest absolute Gasteiger partial charge is 0.406 e. The number of hydrogen-bond acceptors (Lipinski definition) is 3. The zero-order valence-electron chi connectivity index (χ0n) is 14.8. The first-order valence-corrected chi connectivity index (χ1v) is 8.19. The van der Waals surface area contributed by atoms with Gasteiger partial charge in [0.1, 0.15) is 11.6 Å². The number of hydrogen-bond donors (Lipinski definition) is 1. The van der Waals surface area contributed by atoms with Gasteiger partial charge in [-0.3, -0.25) is 4.90 Å². The van der Waals surface area contributed by atoms with Crippen molar-refractivity contribution in [2.24, 2.45) is 0 Å². The van der Waals surface area contributed by atoms with E-state index in [1.807, 2.05) is 4.90 Å². The van der Waals surface area contributed by atoms with Gasteiger partial charge in [0.05, 0.1) is 6.04 Å². The minimum Gasteiger partial charge on any atom is -0.406 e. The average Bonchev–Trinajstić information content (AvgIpc) is 2.61. The number of ether oxygens (including phenoxy) is 1. The summed E-state index contributed by atoms with van der Waals surface area (Å²) in [4.78, 5) is 1.85. The Morgan fingerprint density at radius 1 is 0.862 bits per heavy atom. The molecule has 0 saturated carbocycles. The second-order valence-corrected chi connectivity index (χ2v) is 6.09. The standard InChI is InChI=1S/C18H16F6N2O.2ClH/c19-14-10-16(21)15(20)9-13(14)17(26-7-5-25-6-8-26)11-1-3-12(4-2-11)27-18(22,23)24;;/h1-4,9-10,17,25H,5-8H2;2*1H/t17-;;/m0../s1. The average molecular weight is 463 g/mol. The molecule has 1 fully saturated rings. The number of alkyl halides is 3. The van der Waals surface area contributed by atoms with E-state index < -0.39 is 35.6 Å². The van der Waals surface area contributed by atoms with Crippen molar-refractivity contribution in [2.45, 2.75) is 12.4 Å². The van der Waals surface area contributed by atoms with Crippen LogP contribution in [-0.4, -0.2) is 37.4 Å². The molecule has 1 aliphatic heterocycles. The fraction of sp³-hybridized carbons (Fsp3) is 0.333. The van der Waals surface area contributed by atoms with Gasteiger partial charge in [-0.1, -0.05) is 12.1 Å². The van der Waals surface area contributed by atoms with Crippen molar-refractivity contribution in [3.8, 4) is 5.75 Å². The van der Waals surface area contributed by atoms with Gasteiger partial charge in [-0.25, -0.2) is 13.2 Å². The van der Waals surface area contributed by atoms with Gasteiger partial charge in [0.25, 0.3) is 0 Å². The van der Waals surface area contributed by atoms with E-state index in [1.54, 1.807) is 0 Å². The molecule has 29 heavy (non-hydrogen) atoms. The first-order valence-electron chi connectivity index (χ1n) is 8.19. The van der Waals surface area contributed by atoms with E-state index in [0.717, 1.165) is 18.2 Å². The van der Waals surface area contributed by atoms with Crippen LogP contribution in [0.1, 0.15) is 17.2 Å². The largest absolute Gasteiger partial charge is 0.573 e. The van der Waals surface area contributed by atoms with Gasteiger partial charge >= 0.3 is 6.36 Å². The van der Waals surface area contributed by atoms with Crippen molar-refractivity contribution in [2.75, 3.05) is 26.2 Å². The molecule has 11 heteroatoms. The lowest BCUT2D eigenvalue weighted by atomic mass is 9.95. The Kier molecular flexibility index (Phi) is 9.08. The lowest BCUT2D eigenvalue weighted by Gasteiger charge is -2.35. The molecule has 1 atom stereocenters. The van der Waals surface area contributed by atoms with Crippen LogP contribution in [0.25, 0.3) is 0 Å². The molecule has 1 heterocycles. The maximum Gasteiger partial charge on any atom is 0.573 e. The van der Waals surface area contributed by atoms with Crippen LogP contribution in [0.15, 0.2) is 36.4 Å². The number of rotatable bonds is 4. The van der Waals surface area contributed by atoms with E-state index in [4.69, 9.17) is 0 Å². The Bertz CT molecular complexity index is 798. The molecule has 2 aromatic rings. The van der Waals surface area contributed by atoms with E-state index in [9.17, 15) is 26.3 Å². The Morgan fingerprint density at radius 2 is 1.41 bits per heavy atom. The minimum atomic E-state index is -4.83. The Balaban J connectivity index is 0.00000210. The van der Waals surface area contributed by atoms with Crippen LogP contribution in [0.3, 0.4) is 0 Å². The van der Waals surface area contributed by atoms with E-state index in [-0.39, 0.29) is 30.4 Å². The first-order chi connectivity index (χ1) is 12.7. The highest BCUT2D eigenvalue weighted by Gasteiger charge is 2.32. The van der Waals surface area contributed by atoms with Crippen molar-refractivity contribution in [1.82, 2.24) is 10.2 Å². The molecule has 0 aromatic heterocycles. The van der Waals surface area contributed by atoms with Crippen LogP contribution in [-0.2, 0) is 0 Å². The van der Waals surface area contributed by atoms with Crippen LogP contribution in [0.4, 0.5) is 26.3 Å². The molecule has 0 bridgehead atoms. The van der Waals surface area contributed by atoms with Crippen molar-refractivity contribution >= 4 is 24.8 Å². The fourth-order valence-electron chi connectivity index (χ4n) is 3.13. The van der Waals surface area contributed by atoms with Gasteiger partial charge in [0.2, 0.25) is 0 Å². The number of halogens is 8. The molecule has 0 unspecified atom stereocenters. The van der Waals surface area contributed by atoms with Crippen LogP contribution >= 0.6 is 24.8 Å². The maximum absolute atomic E-state index is 14.4. The van der Waals surface area contributed by atoms with Gasteiger partial charge in [0, 0.05) is 37.8 Å². The van der Waals surface area contributed by atoms with Crippen LogP contribution < -0.4 is 10.1 Å². The van der Waals surface area contributed by atoms with Crippen molar-refractivity contribution in [3.05, 3.63) is 65.0 Å². The van der Waals surface area contributed by atoms with Crippen molar-refractivity contribution in [3.63, 3.8) is 0 Å². The predicted molar refractivity (Wildman–Crippen MR) is 100 cm³/mol. The summed E-state index contributed by atoms with van der Waals surface area (Å²) >= 11 is 0. The molecular formula is C18H18Cl2F6N2O. The molecule has 1 N–H and O–H groups in total. The van der Waals surface area contributed by atoms with Gasteiger partial charge in [-0.05, 0) is 23.8 Å². The summed E-state index contributed by atoms with van der Waals surface area (Å²) in [5.41, 5.74) is 0.358. The van der Waals surface area contributed by atoms with Crippen LogP contribution in [0.5, 0.6) is 5.75 Å². The number of nitrogens with one attached hydrogen (secondary N) is 1. The number of piperazine rings is 1. The summed E-state index contributed by atoms with van der Waals surface area (Å²) in [5.74, 6) is -3.84. The van der Waals surface area contributed by atoms with E-state index >= 15 is 0 Å². The van der Waals surface area contributed by atoms with Crippen LogP contribution in [0, 0.1) is 17.5 Å². The van der Waals surface area contributed by atoms with Gasteiger partial charge in [-0.2, -0.15) is 0 Å². The minimum absolute atomic E-state index is 0. The molecule has 162 valence electrons. The van der Waals surface area contributed by atoms with Crippen molar-refractivity contribution in [1.29, 1.82) is 0 Å². The van der Waals surface area contributed by atoms with Gasteiger partial charge in [-0.15, -0.1) is 38.0 Å². The summed E-state index contributed by atoms with van der Waals surface area (Å²) in [6.45, 7) is 2.22. The quantitative estimate of drug-likeness (QED) is 0.519. The molecule has 0 spiro atoms. The lowest BCUT2D eigenvalue weighted by Crippen LogP contribution is -2.45. The van der Waals surface area contributed by atoms with E-state index in [0.29, 0.717) is 37.8 Å². The third-order valence-corrected chi connectivity index (χ3v) is 4.28. The SMILES string of the molecule is Cl.Cl.Fc1cc(F)c([C@H](c2ccc(OC(F)(F)F)cc2)N2CCNCC2)cc1F. The molecule has 1 aliphatic rings. The summed E-state index contributed by atoms with van der Waals surface area (Å²) in [7, 11) is 0. The highest BCUT2D eigenvalue weighted by Crippen LogP contribution is 2.33. The number of benzene rings is 2. The van der Waals surface area contributed by atoms with E-state index in [1.165, 1.54) is 12.1 Å². The normalized spacial score (nSPS) is 15.8. The zero-order valence-corrected chi connectivity index (χ0v) is 16.4. The highest BCUT2D eigenvalue weighted by molar-refractivity contribution is 5.85. The molecule has 0 radical (unpaired) electrons. The Labute approximate surface area is 175 Å². The third kappa shape index (κ3) is 6.40. The Hall–Kier alpha value is -1.68. The first kappa shape index (κ1) is 25.4. The molecule has 3 nitrogen and oxygen atoms in total. The predicted octanol–water partition coefficient (Wildman–Crippen LogP) is 4.84. The summed E-state index contributed by atoms with van der Waals surface area (Å²) in [6, 6.07) is 5.41. The third-order valence-electron chi connectivity index (χ3n) is 4.28. The Morgan fingerprint density at radius 3 is 1.97 bits per heavy atom. The van der Waals surface area contributed by atoms with Gasteiger partial charge < -0.3 is 10.1 Å². The van der Waals surface area contributed by atoms with E-state index in [2.05, 4.69) is 10.1 Å². The van der Waals surface area contributed by atoms with Crippen molar-refractivity contribution < 1.29 is 31.1 Å². The maximum atomic E-state index is 14.4. The molecule has 0 amide bonds. The monoisotopic (exact) mass is 462 g/mol. The summed E-state index contributed by atoms with van der Waals surface area (Å²) < 4.78 is 82.3. The number of nitrogens with zero attached hydrogens (tertiary/aromatic N) is 1. The molecule has 2 aromatic carbocycles. The van der Waals surface area contributed by atoms with Crippen LogP contribution in [0.2, 0.25) is 0 Å². The molecule has 0 aliphatic carbocycles. The second kappa shape index (κ2) is 10.4. The fourth-order valence-corrected chi connectivity index (χ4v) is 3.13. The highest BCUT2D eigenvalue weighted by atomic mass is 35.5. The molecular weight excluding hydrogens is 445 g/mol. The molecule has 3 rings (SSSR count). The van der Waals surface area contributed by atoms with Gasteiger partial charge in [0.15, 0.2) is 11.6 Å². The second-order valence-electron chi connectivity index (χ2n) is 6.09. The lowest BCUT2D eigenvalue weighted by molar-refractivity contribution is -0.274. The zero-order chi connectivity index (χ0) is 19.6. The topological polar surface area (TPSA) is 24.5 Å². The molecule has 1 saturated heterocycles. The summed E-state index contributed by atoms with van der Waals surface area (Å²) in [6.07, 6.45) is -4.83. The summed E-state index contributed by atoms with van der Waals surface area (Å²) in [5, 5.41) is 3.13.